The Labute approximate surface area is 98.0 Å². The third-order valence-electron chi connectivity index (χ3n) is 1.90. The zero-order valence-electron chi connectivity index (χ0n) is 8.95. The molecule has 0 saturated carbocycles. The summed E-state index contributed by atoms with van der Waals surface area (Å²) in [5.74, 6) is 0.441. The lowest BCUT2D eigenvalue weighted by molar-refractivity contribution is 0.0915. The first-order valence-electron chi connectivity index (χ1n) is 4.99. The zero-order valence-corrected chi connectivity index (χ0v) is 8.95. The Kier molecular flexibility index (Phi) is 3.64. The first kappa shape index (κ1) is 11.1. The van der Waals surface area contributed by atoms with Crippen molar-refractivity contribution >= 4 is 6.16 Å². The second kappa shape index (κ2) is 5.60. The average molecular weight is 230 g/mol. The predicted octanol–water partition coefficient (Wildman–Crippen LogP) is 2.19. The summed E-state index contributed by atoms with van der Waals surface area (Å²) in [7, 11) is 0. The quantitative estimate of drug-likeness (QED) is 0.597. The molecule has 0 atom stereocenters. The van der Waals surface area contributed by atoms with Crippen LogP contribution in [0.3, 0.4) is 0 Å². The number of carbonyl (C=O) groups is 1. The number of para-hydroxylation sites is 1. The summed E-state index contributed by atoms with van der Waals surface area (Å²) in [5, 5.41) is 0. The monoisotopic (exact) mass is 230 g/mol. The highest BCUT2D eigenvalue weighted by molar-refractivity contribution is 5.63. The zero-order chi connectivity index (χ0) is 11.9. The number of nitrogens with zero attached hydrogens (tertiary/aromatic N) is 2. The van der Waals surface area contributed by atoms with E-state index >= 15 is 0 Å². The highest BCUT2D eigenvalue weighted by Crippen LogP contribution is 2.09. The molecule has 17 heavy (non-hydrogen) atoms. The molecule has 0 N–H and O–H groups in total. The number of ether oxygens (including phenoxy) is 2. The normalized spacial score (nSPS) is 9.65. The van der Waals surface area contributed by atoms with Crippen LogP contribution in [0.2, 0.25) is 0 Å². The predicted molar refractivity (Wildman–Crippen MR) is 59.3 cm³/mol. The topological polar surface area (TPSA) is 61.3 Å². The lowest BCUT2D eigenvalue weighted by atomic mass is 10.3. The van der Waals surface area contributed by atoms with Gasteiger partial charge in [0.05, 0.1) is 11.9 Å². The van der Waals surface area contributed by atoms with E-state index in [1.165, 1.54) is 12.4 Å². The van der Waals surface area contributed by atoms with Gasteiger partial charge in [0.2, 0.25) is 0 Å². The van der Waals surface area contributed by atoms with Crippen LogP contribution in [0, 0.1) is 0 Å². The fourth-order valence-corrected chi connectivity index (χ4v) is 1.15. The van der Waals surface area contributed by atoms with Crippen molar-refractivity contribution in [2.75, 3.05) is 0 Å². The Bertz CT molecular complexity index is 474. The van der Waals surface area contributed by atoms with E-state index in [4.69, 9.17) is 9.47 Å². The summed E-state index contributed by atoms with van der Waals surface area (Å²) < 4.78 is 9.80. The van der Waals surface area contributed by atoms with Crippen LogP contribution in [0.5, 0.6) is 5.75 Å². The molecule has 2 rings (SSSR count). The Morgan fingerprint density at radius 2 is 2.00 bits per heavy atom. The summed E-state index contributed by atoms with van der Waals surface area (Å²) in [6.07, 6.45) is 3.84. The van der Waals surface area contributed by atoms with Crippen LogP contribution in [-0.2, 0) is 11.3 Å². The van der Waals surface area contributed by atoms with Crippen molar-refractivity contribution in [2.24, 2.45) is 0 Å². The Morgan fingerprint density at radius 1 is 1.18 bits per heavy atom. The van der Waals surface area contributed by atoms with Crippen molar-refractivity contribution in [1.29, 1.82) is 0 Å². The second-order valence-corrected chi connectivity index (χ2v) is 3.15. The molecule has 0 bridgehead atoms. The summed E-state index contributed by atoms with van der Waals surface area (Å²) in [5.41, 5.74) is 0.567. The molecule has 5 heteroatoms. The van der Waals surface area contributed by atoms with E-state index in [2.05, 4.69) is 9.97 Å². The molecule has 0 saturated heterocycles. The maximum Gasteiger partial charge on any atom is 0.514 e. The van der Waals surface area contributed by atoms with Gasteiger partial charge in [0.1, 0.15) is 12.4 Å². The van der Waals surface area contributed by atoms with Crippen molar-refractivity contribution < 1.29 is 14.3 Å². The molecule has 0 aliphatic heterocycles. The van der Waals surface area contributed by atoms with Gasteiger partial charge in [0, 0.05) is 12.4 Å². The third kappa shape index (κ3) is 3.57. The van der Waals surface area contributed by atoms with Crippen LogP contribution < -0.4 is 4.74 Å². The largest absolute Gasteiger partial charge is 0.514 e. The second-order valence-electron chi connectivity index (χ2n) is 3.15. The molecule has 1 heterocycles. The lowest BCUT2D eigenvalue weighted by Gasteiger charge is -2.04. The Morgan fingerprint density at radius 3 is 2.71 bits per heavy atom. The molecule has 0 unspecified atom stereocenters. The molecule has 0 aliphatic carbocycles. The molecule has 2 aromatic rings. The highest BCUT2D eigenvalue weighted by Gasteiger charge is 2.06. The fraction of sp³-hybridized carbons (Fsp3) is 0.0833. The van der Waals surface area contributed by atoms with Gasteiger partial charge >= 0.3 is 6.16 Å². The van der Waals surface area contributed by atoms with Crippen molar-refractivity contribution in [3.8, 4) is 5.75 Å². The molecule has 0 aliphatic rings. The Hall–Kier alpha value is -2.43. The first-order valence-corrected chi connectivity index (χ1v) is 4.99. The van der Waals surface area contributed by atoms with Crippen molar-refractivity contribution in [3.63, 3.8) is 0 Å². The molecular weight excluding hydrogens is 220 g/mol. The summed E-state index contributed by atoms with van der Waals surface area (Å²) in [6.45, 7) is 0.0412. The van der Waals surface area contributed by atoms with Gasteiger partial charge in [0.25, 0.3) is 0 Å². The number of hydrogen-bond donors (Lipinski definition) is 0. The van der Waals surface area contributed by atoms with Crippen LogP contribution in [0.4, 0.5) is 4.79 Å². The standard InChI is InChI=1S/C12H10N2O3/c15-12(17-11-4-2-1-3-5-11)16-9-10-8-13-6-7-14-10/h1-8H,9H2. The van der Waals surface area contributed by atoms with Gasteiger partial charge in [0.15, 0.2) is 0 Å². The number of carbonyl (C=O) groups excluding carboxylic acids is 1. The SMILES string of the molecule is O=C(OCc1cnccn1)Oc1ccccc1. The number of benzene rings is 1. The molecule has 86 valence electrons. The summed E-state index contributed by atoms with van der Waals surface area (Å²) in [6, 6.07) is 8.71. The fourth-order valence-electron chi connectivity index (χ4n) is 1.15. The van der Waals surface area contributed by atoms with Gasteiger partial charge in [-0.2, -0.15) is 0 Å². The molecule has 0 spiro atoms. The van der Waals surface area contributed by atoms with Gasteiger partial charge in [-0.3, -0.25) is 9.97 Å². The number of rotatable bonds is 3. The molecule has 1 aromatic heterocycles. The van der Waals surface area contributed by atoms with Crippen LogP contribution in [0.1, 0.15) is 5.69 Å². The van der Waals surface area contributed by atoms with Gasteiger partial charge in [-0.05, 0) is 12.1 Å². The van der Waals surface area contributed by atoms with Gasteiger partial charge < -0.3 is 9.47 Å². The maximum atomic E-state index is 11.3. The maximum absolute atomic E-state index is 11.3. The smallest absolute Gasteiger partial charge is 0.427 e. The van der Waals surface area contributed by atoms with E-state index in [-0.39, 0.29) is 6.61 Å². The molecule has 1 aromatic carbocycles. The molecule has 5 nitrogen and oxygen atoms in total. The van der Waals surface area contributed by atoms with Crippen molar-refractivity contribution in [2.45, 2.75) is 6.61 Å². The number of hydrogen-bond acceptors (Lipinski definition) is 5. The van der Waals surface area contributed by atoms with Crippen LogP contribution >= 0.6 is 0 Å². The van der Waals surface area contributed by atoms with Crippen molar-refractivity contribution in [1.82, 2.24) is 9.97 Å². The molecule has 0 amide bonds. The summed E-state index contributed by atoms with van der Waals surface area (Å²) in [4.78, 5) is 19.1. The van der Waals surface area contributed by atoms with E-state index in [1.54, 1.807) is 30.5 Å². The minimum absolute atomic E-state index is 0.0412. The van der Waals surface area contributed by atoms with E-state index in [0.717, 1.165) is 0 Å². The third-order valence-corrected chi connectivity index (χ3v) is 1.90. The van der Waals surface area contributed by atoms with E-state index in [0.29, 0.717) is 11.4 Å². The number of aromatic nitrogens is 2. The van der Waals surface area contributed by atoms with Gasteiger partial charge in [-0.25, -0.2) is 4.79 Å². The summed E-state index contributed by atoms with van der Waals surface area (Å²) >= 11 is 0. The van der Waals surface area contributed by atoms with Crippen LogP contribution in [0.25, 0.3) is 0 Å². The van der Waals surface area contributed by atoms with E-state index in [9.17, 15) is 4.79 Å². The van der Waals surface area contributed by atoms with E-state index in [1.807, 2.05) is 6.07 Å². The molecule has 0 fully saturated rings. The average Bonchev–Trinajstić information content (AvgIpc) is 2.39. The van der Waals surface area contributed by atoms with Crippen molar-refractivity contribution in [3.05, 3.63) is 54.6 Å². The van der Waals surface area contributed by atoms with Gasteiger partial charge in [-0.15, -0.1) is 0 Å². The van der Waals surface area contributed by atoms with Crippen LogP contribution in [0.15, 0.2) is 48.9 Å². The van der Waals surface area contributed by atoms with E-state index < -0.39 is 6.16 Å². The molecule has 0 radical (unpaired) electrons. The minimum atomic E-state index is -0.762. The Balaban J connectivity index is 1.83. The van der Waals surface area contributed by atoms with Gasteiger partial charge in [-0.1, -0.05) is 18.2 Å². The molecular formula is C12H10N2O3. The highest BCUT2D eigenvalue weighted by atomic mass is 16.7. The first-order chi connectivity index (χ1) is 8.34. The minimum Gasteiger partial charge on any atom is -0.427 e. The lowest BCUT2D eigenvalue weighted by Crippen LogP contribution is -2.10. The van der Waals surface area contributed by atoms with Crippen LogP contribution in [-0.4, -0.2) is 16.1 Å².